The normalized spacial score (nSPS) is 19.6. The summed E-state index contributed by atoms with van der Waals surface area (Å²) in [5, 5.41) is 0. The van der Waals surface area contributed by atoms with Gasteiger partial charge in [-0.3, -0.25) is 9.78 Å². The first-order valence-corrected chi connectivity index (χ1v) is 8.60. The van der Waals surface area contributed by atoms with Crippen molar-refractivity contribution in [3.05, 3.63) is 65.7 Å². The van der Waals surface area contributed by atoms with Gasteiger partial charge in [-0.1, -0.05) is 30.3 Å². The van der Waals surface area contributed by atoms with Crippen LogP contribution in [0, 0.1) is 5.82 Å². The molecule has 1 aliphatic heterocycles. The van der Waals surface area contributed by atoms with Gasteiger partial charge in [0.25, 0.3) is 5.91 Å². The van der Waals surface area contributed by atoms with Gasteiger partial charge in [-0.2, -0.15) is 0 Å². The van der Waals surface area contributed by atoms with Gasteiger partial charge in [0, 0.05) is 6.20 Å². The highest BCUT2D eigenvalue weighted by molar-refractivity contribution is 6.01. The first-order valence-electron chi connectivity index (χ1n) is 8.60. The molecule has 0 aliphatic carbocycles. The predicted molar refractivity (Wildman–Crippen MR) is 95.0 cm³/mol. The summed E-state index contributed by atoms with van der Waals surface area (Å²) in [7, 11) is 0. The molecule has 1 saturated heterocycles. The van der Waals surface area contributed by atoms with Crippen molar-refractivity contribution in [1.82, 2.24) is 9.88 Å². The number of amides is 2. The quantitative estimate of drug-likeness (QED) is 0.767. The van der Waals surface area contributed by atoms with Crippen LogP contribution in [0.15, 0.2) is 48.7 Å². The lowest BCUT2D eigenvalue weighted by atomic mass is 9.94. The van der Waals surface area contributed by atoms with Crippen molar-refractivity contribution in [3.8, 4) is 0 Å². The lowest BCUT2D eigenvalue weighted by Crippen LogP contribution is -2.63. The standard InChI is InChI=1S/C20H21FN2O4/c1-20(2,3)27-19(25)23-16(15-14(21)10-7-11-22-15)17(18(23)24)26-12-13-8-5-4-6-9-13/h4-11,16-17H,12H2,1-3H3. The number of likely N-dealkylation sites (tertiary alicyclic amines) is 1. The van der Waals surface area contributed by atoms with Gasteiger partial charge < -0.3 is 9.47 Å². The number of nitrogens with zero attached hydrogens (tertiary/aromatic N) is 2. The van der Waals surface area contributed by atoms with Gasteiger partial charge in [-0.05, 0) is 38.5 Å². The third kappa shape index (κ3) is 4.14. The summed E-state index contributed by atoms with van der Waals surface area (Å²) in [4.78, 5) is 29.9. The van der Waals surface area contributed by atoms with Gasteiger partial charge in [0.05, 0.1) is 6.61 Å². The number of benzene rings is 1. The molecule has 1 fully saturated rings. The summed E-state index contributed by atoms with van der Waals surface area (Å²) in [5.41, 5.74) is 0.0443. The maximum absolute atomic E-state index is 14.3. The fraction of sp³-hybridized carbons (Fsp3) is 0.350. The maximum Gasteiger partial charge on any atom is 0.417 e. The highest BCUT2D eigenvalue weighted by Crippen LogP contribution is 2.38. The second-order valence-corrected chi connectivity index (χ2v) is 7.22. The number of carbonyl (C=O) groups is 2. The van der Waals surface area contributed by atoms with Crippen molar-refractivity contribution >= 4 is 12.0 Å². The fourth-order valence-electron chi connectivity index (χ4n) is 2.78. The number of hydrogen-bond acceptors (Lipinski definition) is 5. The van der Waals surface area contributed by atoms with Crippen LogP contribution in [0.4, 0.5) is 9.18 Å². The third-order valence-electron chi connectivity index (χ3n) is 3.98. The Balaban J connectivity index is 1.83. The molecule has 1 aromatic carbocycles. The first kappa shape index (κ1) is 19.0. The van der Waals surface area contributed by atoms with Gasteiger partial charge in [0.15, 0.2) is 6.10 Å². The molecule has 2 heterocycles. The zero-order valence-corrected chi connectivity index (χ0v) is 15.4. The number of pyridine rings is 1. The summed E-state index contributed by atoms with van der Waals surface area (Å²) >= 11 is 0. The van der Waals surface area contributed by atoms with E-state index in [2.05, 4.69) is 4.98 Å². The minimum absolute atomic E-state index is 0.0268. The Morgan fingerprint density at radius 3 is 2.52 bits per heavy atom. The Morgan fingerprint density at radius 1 is 1.19 bits per heavy atom. The fourth-order valence-corrected chi connectivity index (χ4v) is 2.78. The second-order valence-electron chi connectivity index (χ2n) is 7.22. The summed E-state index contributed by atoms with van der Waals surface area (Å²) in [6, 6.07) is 11.0. The van der Waals surface area contributed by atoms with E-state index in [1.807, 2.05) is 30.3 Å². The molecule has 2 amide bonds. The molecule has 2 aromatic rings. The molecular weight excluding hydrogens is 351 g/mol. The van der Waals surface area contributed by atoms with E-state index in [9.17, 15) is 14.0 Å². The van der Waals surface area contributed by atoms with Crippen LogP contribution in [0.5, 0.6) is 0 Å². The molecule has 1 aromatic heterocycles. The lowest BCUT2D eigenvalue weighted by molar-refractivity contribution is -0.174. The van der Waals surface area contributed by atoms with Crippen LogP contribution in [0.25, 0.3) is 0 Å². The second kappa shape index (κ2) is 7.44. The van der Waals surface area contributed by atoms with E-state index in [1.54, 1.807) is 20.8 Å². The number of β-lactam (4-membered cyclic amide) rings is 1. The van der Waals surface area contributed by atoms with Gasteiger partial charge in [-0.15, -0.1) is 0 Å². The van der Waals surface area contributed by atoms with Crippen LogP contribution in [0.2, 0.25) is 0 Å². The van der Waals surface area contributed by atoms with E-state index < -0.39 is 35.6 Å². The number of ether oxygens (including phenoxy) is 2. The number of imide groups is 1. The third-order valence-corrected chi connectivity index (χ3v) is 3.98. The van der Waals surface area contributed by atoms with Crippen LogP contribution in [0.1, 0.15) is 38.1 Å². The SMILES string of the molecule is CC(C)(C)OC(=O)N1C(=O)C(OCc2ccccc2)C1c1ncccc1F. The molecule has 2 unspecified atom stereocenters. The molecule has 0 bridgehead atoms. The van der Waals surface area contributed by atoms with Crippen molar-refractivity contribution in [2.45, 2.75) is 45.1 Å². The van der Waals surface area contributed by atoms with E-state index in [1.165, 1.54) is 18.3 Å². The van der Waals surface area contributed by atoms with Crippen LogP contribution < -0.4 is 0 Å². The number of hydrogen-bond donors (Lipinski definition) is 0. The van der Waals surface area contributed by atoms with Crippen molar-refractivity contribution < 1.29 is 23.5 Å². The molecule has 27 heavy (non-hydrogen) atoms. The van der Waals surface area contributed by atoms with Gasteiger partial charge in [0.2, 0.25) is 0 Å². The van der Waals surface area contributed by atoms with Crippen LogP contribution in [-0.4, -0.2) is 33.6 Å². The van der Waals surface area contributed by atoms with Gasteiger partial charge in [-0.25, -0.2) is 14.1 Å². The predicted octanol–water partition coefficient (Wildman–Crippen LogP) is 3.62. The molecule has 3 rings (SSSR count). The molecular formula is C20H21FN2O4. The Labute approximate surface area is 156 Å². The highest BCUT2D eigenvalue weighted by atomic mass is 19.1. The average molecular weight is 372 g/mol. The van der Waals surface area contributed by atoms with E-state index in [0.29, 0.717) is 0 Å². The van der Waals surface area contributed by atoms with E-state index in [0.717, 1.165) is 10.5 Å². The Hall–Kier alpha value is -2.80. The Morgan fingerprint density at radius 2 is 1.89 bits per heavy atom. The molecule has 0 N–H and O–H groups in total. The topological polar surface area (TPSA) is 68.7 Å². The Bertz CT molecular complexity index is 835. The van der Waals surface area contributed by atoms with Crippen molar-refractivity contribution in [2.75, 3.05) is 0 Å². The number of carbonyl (C=O) groups excluding carboxylic acids is 2. The molecule has 7 heteroatoms. The highest BCUT2D eigenvalue weighted by Gasteiger charge is 2.55. The summed E-state index contributed by atoms with van der Waals surface area (Å²) in [6.07, 6.45) is -0.452. The molecule has 2 atom stereocenters. The zero-order valence-electron chi connectivity index (χ0n) is 15.4. The van der Waals surface area contributed by atoms with Gasteiger partial charge in [0.1, 0.15) is 23.2 Å². The first-order chi connectivity index (χ1) is 12.8. The number of halogens is 1. The monoisotopic (exact) mass is 372 g/mol. The molecule has 1 aliphatic rings. The van der Waals surface area contributed by atoms with Crippen molar-refractivity contribution in [1.29, 1.82) is 0 Å². The lowest BCUT2D eigenvalue weighted by Gasteiger charge is -2.44. The van der Waals surface area contributed by atoms with Crippen molar-refractivity contribution in [3.63, 3.8) is 0 Å². The van der Waals surface area contributed by atoms with Crippen molar-refractivity contribution in [2.24, 2.45) is 0 Å². The maximum atomic E-state index is 14.3. The molecule has 0 saturated carbocycles. The van der Waals surface area contributed by atoms with Crippen LogP contribution in [-0.2, 0) is 20.9 Å². The Kier molecular flexibility index (Phi) is 5.23. The van der Waals surface area contributed by atoms with E-state index in [-0.39, 0.29) is 12.3 Å². The van der Waals surface area contributed by atoms with Crippen LogP contribution >= 0.6 is 0 Å². The minimum Gasteiger partial charge on any atom is -0.443 e. The largest absolute Gasteiger partial charge is 0.443 e. The van der Waals surface area contributed by atoms with E-state index in [4.69, 9.17) is 9.47 Å². The smallest absolute Gasteiger partial charge is 0.417 e. The molecule has 0 spiro atoms. The summed E-state index contributed by atoms with van der Waals surface area (Å²) < 4.78 is 25.3. The van der Waals surface area contributed by atoms with Gasteiger partial charge >= 0.3 is 6.09 Å². The molecule has 0 radical (unpaired) electrons. The zero-order chi connectivity index (χ0) is 19.6. The number of aromatic nitrogens is 1. The number of rotatable bonds is 4. The summed E-state index contributed by atoms with van der Waals surface area (Å²) in [5.74, 6) is -1.19. The van der Waals surface area contributed by atoms with Crippen LogP contribution in [0.3, 0.4) is 0 Å². The molecule has 142 valence electrons. The van der Waals surface area contributed by atoms with E-state index >= 15 is 0 Å². The average Bonchev–Trinajstić information content (AvgIpc) is 2.60. The minimum atomic E-state index is -1.01. The molecule has 6 nitrogen and oxygen atoms in total. The summed E-state index contributed by atoms with van der Waals surface area (Å²) in [6.45, 7) is 5.23.